The molecular formula is C28H26O8. The first kappa shape index (κ1) is 22.7. The van der Waals surface area contributed by atoms with Crippen LogP contribution >= 0.6 is 0 Å². The number of methoxy groups -OCH3 is 1. The van der Waals surface area contributed by atoms with Crippen molar-refractivity contribution in [1.82, 2.24) is 0 Å². The fourth-order valence-electron chi connectivity index (χ4n) is 6.44. The summed E-state index contributed by atoms with van der Waals surface area (Å²) in [7, 11) is 1.49. The molecule has 0 amide bonds. The first-order chi connectivity index (χ1) is 17.5. The van der Waals surface area contributed by atoms with Crippen molar-refractivity contribution in [3.05, 3.63) is 82.9 Å². The third-order valence-electron chi connectivity index (χ3n) is 7.76. The summed E-state index contributed by atoms with van der Waals surface area (Å²) >= 11 is 0. The lowest BCUT2D eigenvalue weighted by atomic mass is 9.70. The molecule has 3 aromatic rings. The van der Waals surface area contributed by atoms with Gasteiger partial charge in [-0.3, -0.25) is 4.79 Å². The van der Waals surface area contributed by atoms with Gasteiger partial charge in [-0.15, -0.1) is 0 Å². The minimum Gasteiger partial charge on any atom is -0.496 e. The maximum atomic E-state index is 12.9. The zero-order valence-corrected chi connectivity index (χ0v) is 19.8. The SMILES string of the molecule is COc1cc(CO)cc2c1[C@]1(O)[C@H](OC=O)[C@H](C)[C@@H](c3ccccc3)[C@]1(c1ccc3c(c1)OCO3)O2. The summed E-state index contributed by atoms with van der Waals surface area (Å²) in [6.45, 7) is 2.16. The predicted molar refractivity (Wildman–Crippen MR) is 127 cm³/mol. The second-order valence-corrected chi connectivity index (χ2v) is 9.40. The van der Waals surface area contributed by atoms with Gasteiger partial charge < -0.3 is 33.9 Å². The Hall–Kier alpha value is -3.75. The highest BCUT2D eigenvalue weighted by molar-refractivity contribution is 5.63. The van der Waals surface area contributed by atoms with Crippen LogP contribution in [-0.2, 0) is 27.3 Å². The molecule has 5 atom stereocenters. The van der Waals surface area contributed by atoms with Gasteiger partial charge >= 0.3 is 0 Å². The summed E-state index contributed by atoms with van der Waals surface area (Å²) in [5, 5.41) is 22.8. The average molecular weight is 491 g/mol. The van der Waals surface area contributed by atoms with E-state index in [1.54, 1.807) is 18.2 Å². The maximum absolute atomic E-state index is 12.9. The number of carbonyl (C=O) groups is 1. The summed E-state index contributed by atoms with van der Waals surface area (Å²) in [5.41, 5.74) is -0.783. The Morgan fingerprint density at radius 1 is 1.06 bits per heavy atom. The van der Waals surface area contributed by atoms with Gasteiger partial charge in [-0.05, 0) is 35.4 Å². The molecule has 186 valence electrons. The molecule has 2 N–H and O–H groups in total. The van der Waals surface area contributed by atoms with Gasteiger partial charge in [0.25, 0.3) is 6.47 Å². The molecule has 0 saturated heterocycles. The molecule has 0 spiro atoms. The zero-order valence-electron chi connectivity index (χ0n) is 19.8. The monoisotopic (exact) mass is 490 g/mol. The number of carbonyl (C=O) groups excluding carboxylic acids is 1. The van der Waals surface area contributed by atoms with Crippen molar-refractivity contribution in [2.45, 2.75) is 36.8 Å². The van der Waals surface area contributed by atoms with Crippen molar-refractivity contribution in [3.63, 3.8) is 0 Å². The van der Waals surface area contributed by atoms with Crippen molar-refractivity contribution < 1.29 is 38.7 Å². The summed E-state index contributed by atoms with van der Waals surface area (Å²) in [4.78, 5) is 11.8. The number of hydrogen-bond acceptors (Lipinski definition) is 8. The van der Waals surface area contributed by atoms with E-state index in [0.717, 1.165) is 5.56 Å². The van der Waals surface area contributed by atoms with Gasteiger partial charge in [0.2, 0.25) is 6.79 Å². The van der Waals surface area contributed by atoms with Crippen LogP contribution in [-0.4, -0.2) is 36.7 Å². The first-order valence-electron chi connectivity index (χ1n) is 11.8. The third kappa shape index (κ3) is 2.79. The number of aliphatic hydroxyl groups excluding tert-OH is 1. The molecule has 3 aromatic carbocycles. The number of fused-ring (bicyclic) bond motifs is 4. The Bertz CT molecular complexity index is 1320. The normalized spacial score (nSPS) is 29.3. The molecule has 1 aliphatic carbocycles. The third-order valence-corrected chi connectivity index (χ3v) is 7.76. The number of hydrogen-bond donors (Lipinski definition) is 2. The van der Waals surface area contributed by atoms with E-state index in [0.29, 0.717) is 46.2 Å². The van der Waals surface area contributed by atoms with Crippen LogP contribution in [0.5, 0.6) is 23.0 Å². The Kier molecular flexibility index (Phi) is 5.14. The van der Waals surface area contributed by atoms with Crippen molar-refractivity contribution in [2.75, 3.05) is 13.9 Å². The zero-order chi connectivity index (χ0) is 25.1. The van der Waals surface area contributed by atoms with Gasteiger partial charge in [0.15, 0.2) is 22.7 Å². The Balaban J connectivity index is 1.70. The summed E-state index contributed by atoms with van der Waals surface area (Å²) in [6.07, 6.45) is -0.972. The van der Waals surface area contributed by atoms with Crippen LogP contribution in [0.2, 0.25) is 0 Å². The molecule has 2 heterocycles. The van der Waals surface area contributed by atoms with Crippen LogP contribution in [0.4, 0.5) is 0 Å². The van der Waals surface area contributed by atoms with E-state index in [-0.39, 0.29) is 19.3 Å². The fraction of sp³-hybridized carbons (Fsp3) is 0.321. The van der Waals surface area contributed by atoms with Gasteiger partial charge in [-0.1, -0.05) is 43.3 Å². The van der Waals surface area contributed by atoms with E-state index < -0.39 is 23.2 Å². The minimum atomic E-state index is -1.84. The highest BCUT2D eigenvalue weighted by atomic mass is 16.7. The van der Waals surface area contributed by atoms with Crippen molar-refractivity contribution in [1.29, 1.82) is 0 Å². The molecule has 36 heavy (non-hydrogen) atoms. The summed E-state index contributed by atoms with van der Waals surface area (Å²) in [5.74, 6) is 1.02. The molecule has 2 aliphatic heterocycles. The van der Waals surface area contributed by atoms with Gasteiger partial charge in [0, 0.05) is 17.4 Å². The molecule has 3 aliphatic rings. The number of benzene rings is 3. The molecule has 1 fully saturated rings. The van der Waals surface area contributed by atoms with Crippen LogP contribution in [0.1, 0.15) is 35.1 Å². The van der Waals surface area contributed by atoms with E-state index in [4.69, 9.17) is 23.7 Å². The molecule has 0 aromatic heterocycles. The molecule has 6 rings (SSSR count). The maximum Gasteiger partial charge on any atom is 0.293 e. The quantitative estimate of drug-likeness (QED) is 0.507. The van der Waals surface area contributed by atoms with Crippen LogP contribution in [0.25, 0.3) is 0 Å². The molecule has 1 saturated carbocycles. The van der Waals surface area contributed by atoms with Crippen molar-refractivity contribution in [3.8, 4) is 23.0 Å². The lowest BCUT2D eigenvalue weighted by molar-refractivity contribution is -0.173. The highest BCUT2D eigenvalue weighted by Crippen LogP contribution is 2.70. The average Bonchev–Trinajstić information content (AvgIpc) is 3.52. The summed E-state index contributed by atoms with van der Waals surface area (Å²) in [6, 6.07) is 18.5. The van der Waals surface area contributed by atoms with Crippen LogP contribution in [0.3, 0.4) is 0 Å². The van der Waals surface area contributed by atoms with Crippen LogP contribution in [0, 0.1) is 5.92 Å². The molecular weight excluding hydrogens is 464 g/mol. The minimum absolute atomic E-state index is 0.0974. The largest absolute Gasteiger partial charge is 0.496 e. The van der Waals surface area contributed by atoms with Crippen molar-refractivity contribution >= 4 is 6.47 Å². The number of rotatable bonds is 6. The Labute approximate surface area is 207 Å². The summed E-state index contributed by atoms with van der Waals surface area (Å²) < 4.78 is 29.4. The van der Waals surface area contributed by atoms with Gasteiger partial charge in [0.1, 0.15) is 17.6 Å². The standard InChI is InChI=1S/C28H26O8/c1-16-24(18-6-4-3-5-7-18)28(19-8-9-20-21(12-19)35-15-34-20)27(31,26(16)33-14-30)25-22(32-2)10-17(13-29)11-23(25)36-28/h3-12,14,16,24,26,29,31H,13,15H2,1-2H3/t16-,24+,26-,27+,28+/m1/s1. The number of aliphatic hydroxyl groups is 2. The highest BCUT2D eigenvalue weighted by Gasteiger charge is 2.77. The smallest absolute Gasteiger partial charge is 0.293 e. The first-order valence-corrected chi connectivity index (χ1v) is 11.8. The van der Waals surface area contributed by atoms with Crippen LogP contribution < -0.4 is 18.9 Å². The Morgan fingerprint density at radius 3 is 2.56 bits per heavy atom. The van der Waals surface area contributed by atoms with E-state index >= 15 is 0 Å². The molecule has 0 radical (unpaired) electrons. The van der Waals surface area contributed by atoms with E-state index in [2.05, 4.69) is 0 Å². The second kappa shape index (κ2) is 8.15. The second-order valence-electron chi connectivity index (χ2n) is 9.40. The van der Waals surface area contributed by atoms with Gasteiger partial charge in [-0.25, -0.2) is 0 Å². The predicted octanol–water partition coefficient (Wildman–Crippen LogP) is 3.37. The van der Waals surface area contributed by atoms with E-state index in [1.807, 2.05) is 49.4 Å². The molecule has 0 bridgehead atoms. The molecule has 8 heteroatoms. The van der Waals surface area contributed by atoms with E-state index in [9.17, 15) is 15.0 Å². The van der Waals surface area contributed by atoms with Crippen molar-refractivity contribution in [2.24, 2.45) is 5.92 Å². The molecule has 0 unspecified atom stereocenters. The van der Waals surface area contributed by atoms with Gasteiger partial charge in [0.05, 0.1) is 19.3 Å². The lowest BCUT2D eigenvalue weighted by Crippen LogP contribution is -2.52. The Morgan fingerprint density at radius 2 is 1.83 bits per heavy atom. The fourth-order valence-corrected chi connectivity index (χ4v) is 6.44. The molecule has 8 nitrogen and oxygen atoms in total. The lowest BCUT2D eigenvalue weighted by Gasteiger charge is -2.41. The van der Waals surface area contributed by atoms with Crippen LogP contribution in [0.15, 0.2) is 60.7 Å². The van der Waals surface area contributed by atoms with E-state index in [1.165, 1.54) is 7.11 Å². The topological polar surface area (TPSA) is 104 Å². The van der Waals surface area contributed by atoms with Gasteiger partial charge in [-0.2, -0.15) is 0 Å². The number of ether oxygens (including phenoxy) is 5.